The predicted molar refractivity (Wildman–Crippen MR) is 111 cm³/mol. The predicted octanol–water partition coefficient (Wildman–Crippen LogP) is 2.59. The zero-order valence-electron chi connectivity index (χ0n) is 16.2. The van der Waals surface area contributed by atoms with E-state index in [-0.39, 0.29) is 0 Å². The van der Waals surface area contributed by atoms with Crippen LogP contribution in [0.4, 0.5) is 17.5 Å². The molecule has 5 rings (SSSR count). The lowest BCUT2D eigenvalue weighted by molar-refractivity contribution is -0.120. The molecule has 1 aliphatic carbocycles. The first-order chi connectivity index (χ1) is 14.1. The SMILES string of the molecule is Nc1nnc(Cl)cc1N1CC2CCC(C1)N2c1ncc(C2CCC(=O)CC2)cn1. The fourth-order valence-electron chi connectivity index (χ4n) is 5.00. The topological polar surface area (TPSA) is 101 Å². The Morgan fingerprint density at radius 2 is 1.66 bits per heavy atom. The molecule has 4 heterocycles. The van der Waals surface area contributed by atoms with Crippen LogP contribution in [-0.4, -0.2) is 51.1 Å². The molecule has 3 aliphatic rings. The lowest BCUT2D eigenvalue weighted by Crippen LogP contribution is -2.54. The molecule has 2 atom stereocenters. The van der Waals surface area contributed by atoms with Crippen LogP contribution in [0.1, 0.15) is 50.0 Å². The smallest absolute Gasteiger partial charge is 0.225 e. The molecule has 0 aromatic carbocycles. The Kier molecular flexibility index (Phi) is 4.73. The van der Waals surface area contributed by atoms with Crippen molar-refractivity contribution >= 4 is 34.8 Å². The molecule has 2 bridgehead atoms. The zero-order chi connectivity index (χ0) is 20.0. The van der Waals surface area contributed by atoms with Crippen molar-refractivity contribution < 1.29 is 4.79 Å². The van der Waals surface area contributed by atoms with Crippen molar-refractivity contribution in [1.29, 1.82) is 0 Å². The number of anilines is 3. The number of fused-ring (bicyclic) bond motifs is 2. The molecule has 29 heavy (non-hydrogen) atoms. The highest BCUT2D eigenvalue weighted by Crippen LogP contribution is 2.37. The van der Waals surface area contributed by atoms with Gasteiger partial charge in [-0.1, -0.05) is 11.6 Å². The van der Waals surface area contributed by atoms with E-state index in [0.29, 0.717) is 47.6 Å². The monoisotopic (exact) mass is 413 g/mol. The Balaban J connectivity index is 1.32. The van der Waals surface area contributed by atoms with E-state index >= 15 is 0 Å². The van der Waals surface area contributed by atoms with Crippen LogP contribution in [0.3, 0.4) is 0 Å². The van der Waals surface area contributed by atoms with Crippen LogP contribution in [0.5, 0.6) is 0 Å². The van der Waals surface area contributed by atoms with Gasteiger partial charge in [0.25, 0.3) is 0 Å². The van der Waals surface area contributed by atoms with E-state index in [9.17, 15) is 4.79 Å². The zero-order valence-corrected chi connectivity index (χ0v) is 16.9. The van der Waals surface area contributed by atoms with Crippen LogP contribution in [0.15, 0.2) is 18.5 Å². The Morgan fingerprint density at radius 1 is 1.00 bits per heavy atom. The highest BCUT2D eigenvalue weighted by atomic mass is 35.5. The average molecular weight is 414 g/mol. The van der Waals surface area contributed by atoms with Crippen LogP contribution >= 0.6 is 11.6 Å². The molecule has 1 saturated carbocycles. The van der Waals surface area contributed by atoms with E-state index in [0.717, 1.165) is 56.0 Å². The number of hydrogen-bond donors (Lipinski definition) is 1. The van der Waals surface area contributed by atoms with Gasteiger partial charge in [0.2, 0.25) is 5.95 Å². The van der Waals surface area contributed by atoms with E-state index in [2.05, 4.69) is 20.0 Å². The number of halogens is 1. The molecule has 2 aromatic rings. The third kappa shape index (κ3) is 3.50. The average Bonchev–Trinajstić information content (AvgIpc) is 3.00. The van der Waals surface area contributed by atoms with Gasteiger partial charge in [0.15, 0.2) is 11.0 Å². The second-order valence-corrected chi connectivity index (χ2v) is 8.65. The molecule has 8 nitrogen and oxygen atoms in total. The Labute approximate surface area is 174 Å². The minimum Gasteiger partial charge on any atom is -0.380 e. The van der Waals surface area contributed by atoms with Gasteiger partial charge in [-0.05, 0) is 37.2 Å². The Morgan fingerprint density at radius 3 is 2.31 bits per heavy atom. The lowest BCUT2D eigenvalue weighted by Gasteiger charge is -2.42. The normalized spacial score (nSPS) is 24.9. The maximum Gasteiger partial charge on any atom is 0.225 e. The van der Waals surface area contributed by atoms with Gasteiger partial charge in [0.05, 0.1) is 5.69 Å². The largest absolute Gasteiger partial charge is 0.380 e. The summed E-state index contributed by atoms with van der Waals surface area (Å²) in [5.41, 5.74) is 8.04. The number of carbonyl (C=O) groups excluding carboxylic acids is 1. The number of rotatable bonds is 3. The molecule has 0 spiro atoms. The summed E-state index contributed by atoms with van der Waals surface area (Å²) in [7, 11) is 0. The van der Waals surface area contributed by atoms with Crippen LogP contribution < -0.4 is 15.5 Å². The standard InChI is InChI=1S/C20H24ClN7O/c21-18-7-17(19(22)26-25-18)27-10-14-3-4-15(11-27)28(14)20-23-8-13(9-24-20)12-1-5-16(29)6-2-12/h7-9,12,14-15H,1-6,10-11H2,(H2,22,26). The summed E-state index contributed by atoms with van der Waals surface area (Å²) >= 11 is 6.03. The molecule has 0 radical (unpaired) electrons. The molecular formula is C20H24ClN7O. The van der Waals surface area contributed by atoms with Crippen molar-refractivity contribution in [3.8, 4) is 0 Å². The summed E-state index contributed by atoms with van der Waals surface area (Å²) in [5, 5.41) is 8.13. The van der Waals surface area contributed by atoms with Crippen LogP contribution in [-0.2, 0) is 4.79 Å². The molecule has 3 fully saturated rings. The highest BCUT2D eigenvalue weighted by molar-refractivity contribution is 6.29. The van der Waals surface area contributed by atoms with E-state index in [1.54, 1.807) is 6.07 Å². The lowest BCUT2D eigenvalue weighted by atomic mass is 9.85. The Hall–Kier alpha value is -2.48. The number of aromatic nitrogens is 4. The van der Waals surface area contributed by atoms with Crippen molar-refractivity contribution in [2.24, 2.45) is 0 Å². The summed E-state index contributed by atoms with van der Waals surface area (Å²) in [5.74, 6) is 1.99. The van der Waals surface area contributed by atoms with Crippen LogP contribution in [0.2, 0.25) is 5.15 Å². The summed E-state index contributed by atoms with van der Waals surface area (Å²) in [6, 6.07) is 2.45. The van der Waals surface area contributed by atoms with Crippen molar-refractivity contribution in [2.75, 3.05) is 28.6 Å². The van der Waals surface area contributed by atoms with Gasteiger partial charge in [0, 0.05) is 56.5 Å². The maximum atomic E-state index is 11.5. The number of piperazine rings is 1. The molecule has 2 unspecified atom stereocenters. The summed E-state index contributed by atoms with van der Waals surface area (Å²) in [6.07, 6.45) is 9.29. The number of nitrogens with zero attached hydrogens (tertiary/aromatic N) is 6. The second kappa shape index (κ2) is 7.40. The number of nitrogens with two attached hydrogens (primary N) is 1. The van der Waals surface area contributed by atoms with Crippen LogP contribution in [0, 0.1) is 0 Å². The third-order valence-electron chi connectivity index (χ3n) is 6.50. The summed E-state index contributed by atoms with van der Waals surface area (Å²) < 4.78 is 0. The molecule has 9 heteroatoms. The number of hydrogen-bond acceptors (Lipinski definition) is 8. The van der Waals surface area contributed by atoms with E-state index in [1.807, 2.05) is 12.4 Å². The van der Waals surface area contributed by atoms with Gasteiger partial charge in [-0.25, -0.2) is 9.97 Å². The van der Waals surface area contributed by atoms with Crippen molar-refractivity contribution in [2.45, 2.75) is 56.5 Å². The minimum absolute atomic E-state index is 0.332. The van der Waals surface area contributed by atoms with E-state index in [4.69, 9.17) is 27.3 Å². The van der Waals surface area contributed by atoms with Gasteiger partial charge >= 0.3 is 0 Å². The summed E-state index contributed by atoms with van der Waals surface area (Å²) in [4.78, 5) is 25.5. The molecule has 2 N–H and O–H groups in total. The molecule has 152 valence electrons. The second-order valence-electron chi connectivity index (χ2n) is 8.26. The Bertz CT molecular complexity index is 898. The highest BCUT2D eigenvalue weighted by Gasteiger charge is 2.42. The molecule has 0 amide bonds. The third-order valence-corrected chi connectivity index (χ3v) is 6.68. The fourth-order valence-corrected chi connectivity index (χ4v) is 5.14. The quantitative estimate of drug-likeness (QED) is 0.819. The van der Waals surface area contributed by atoms with Gasteiger partial charge in [-0.2, -0.15) is 0 Å². The number of ketones is 1. The first-order valence-electron chi connectivity index (χ1n) is 10.2. The van der Waals surface area contributed by atoms with Crippen molar-refractivity contribution in [3.63, 3.8) is 0 Å². The van der Waals surface area contributed by atoms with Gasteiger partial charge in [0.1, 0.15) is 5.78 Å². The van der Waals surface area contributed by atoms with Crippen LogP contribution in [0.25, 0.3) is 0 Å². The first kappa shape index (κ1) is 18.5. The van der Waals surface area contributed by atoms with E-state index < -0.39 is 0 Å². The fraction of sp³-hybridized carbons (Fsp3) is 0.550. The number of carbonyl (C=O) groups is 1. The van der Waals surface area contributed by atoms with Gasteiger partial charge < -0.3 is 15.5 Å². The number of nitrogen functional groups attached to an aromatic ring is 1. The maximum absolute atomic E-state index is 11.5. The summed E-state index contributed by atoms with van der Waals surface area (Å²) in [6.45, 7) is 1.66. The van der Waals surface area contributed by atoms with Gasteiger partial charge in [-0.3, -0.25) is 4.79 Å². The number of Topliss-reactive ketones (excluding diaryl/α,β-unsaturated/α-hetero) is 1. The van der Waals surface area contributed by atoms with E-state index in [1.165, 1.54) is 0 Å². The minimum atomic E-state index is 0.332. The molecule has 2 aliphatic heterocycles. The first-order valence-corrected chi connectivity index (χ1v) is 10.6. The van der Waals surface area contributed by atoms with Crippen molar-refractivity contribution in [1.82, 2.24) is 20.2 Å². The molecular weight excluding hydrogens is 390 g/mol. The van der Waals surface area contributed by atoms with Gasteiger partial charge in [-0.15, -0.1) is 10.2 Å². The molecule has 2 saturated heterocycles. The molecule has 2 aromatic heterocycles. The van der Waals surface area contributed by atoms with Crippen molar-refractivity contribution in [3.05, 3.63) is 29.2 Å².